The number of fused-ring (bicyclic) bond motifs is 1. The molecule has 0 aliphatic heterocycles. The Morgan fingerprint density at radius 2 is 1.81 bits per heavy atom. The number of aryl methyl sites for hydroxylation is 1. The Bertz CT molecular complexity index is 783. The van der Waals surface area contributed by atoms with Crippen LogP contribution in [0, 0.1) is 6.92 Å². The Labute approximate surface area is 129 Å². The Kier molecular flexibility index (Phi) is 3.91. The van der Waals surface area contributed by atoms with Crippen LogP contribution in [0.5, 0.6) is 0 Å². The Balaban J connectivity index is 2.06. The van der Waals surface area contributed by atoms with Crippen molar-refractivity contribution in [1.29, 1.82) is 0 Å². The molecule has 1 heterocycles. The zero-order valence-corrected chi connectivity index (χ0v) is 12.9. The van der Waals surface area contributed by atoms with Gasteiger partial charge in [0.15, 0.2) is 0 Å². The summed E-state index contributed by atoms with van der Waals surface area (Å²) in [6, 6.07) is 16.7. The van der Waals surface area contributed by atoms with Gasteiger partial charge in [0.05, 0.1) is 11.6 Å². The van der Waals surface area contributed by atoms with E-state index in [1.165, 1.54) is 5.56 Å². The van der Waals surface area contributed by atoms with Crippen LogP contribution in [0.3, 0.4) is 0 Å². The largest absolute Gasteiger partial charge is 0.309 e. The van der Waals surface area contributed by atoms with Crippen molar-refractivity contribution >= 4 is 22.5 Å². The van der Waals surface area contributed by atoms with Gasteiger partial charge in [0, 0.05) is 16.6 Å². The van der Waals surface area contributed by atoms with Gasteiger partial charge in [-0.3, -0.25) is 4.98 Å². The zero-order chi connectivity index (χ0) is 14.8. The smallest absolute Gasteiger partial charge is 0.0702 e. The maximum absolute atomic E-state index is 6.26. The molecule has 1 N–H and O–H groups in total. The third kappa shape index (κ3) is 2.78. The molecule has 21 heavy (non-hydrogen) atoms. The minimum Gasteiger partial charge on any atom is -0.309 e. The molecule has 1 unspecified atom stereocenters. The van der Waals surface area contributed by atoms with Crippen LogP contribution in [-0.4, -0.2) is 12.0 Å². The molecule has 1 aromatic heterocycles. The molecule has 3 heteroatoms. The lowest BCUT2D eigenvalue weighted by atomic mass is 9.96. The van der Waals surface area contributed by atoms with Crippen molar-refractivity contribution < 1.29 is 0 Å². The normalized spacial score (nSPS) is 12.5. The summed E-state index contributed by atoms with van der Waals surface area (Å²) in [6.07, 6.45) is 1.82. The number of pyridine rings is 1. The summed E-state index contributed by atoms with van der Waals surface area (Å²) in [5, 5.41) is 5.31. The number of hydrogen-bond acceptors (Lipinski definition) is 2. The van der Waals surface area contributed by atoms with E-state index in [9.17, 15) is 0 Å². The molecule has 2 aromatic carbocycles. The Morgan fingerprint density at radius 3 is 2.57 bits per heavy atom. The van der Waals surface area contributed by atoms with E-state index in [1.807, 2.05) is 32.3 Å². The highest BCUT2D eigenvalue weighted by atomic mass is 35.5. The number of benzene rings is 2. The minimum absolute atomic E-state index is 0.118. The highest BCUT2D eigenvalue weighted by molar-refractivity contribution is 6.31. The summed E-state index contributed by atoms with van der Waals surface area (Å²) in [5.41, 5.74) is 4.48. The molecule has 0 spiro atoms. The number of nitrogens with zero attached hydrogens (tertiary/aromatic N) is 1. The Hall–Kier alpha value is -1.90. The molecule has 0 radical (unpaired) electrons. The molecule has 1 atom stereocenters. The van der Waals surface area contributed by atoms with Crippen molar-refractivity contribution in [2.45, 2.75) is 13.0 Å². The van der Waals surface area contributed by atoms with Crippen molar-refractivity contribution in [3.8, 4) is 0 Å². The van der Waals surface area contributed by atoms with Gasteiger partial charge in [0.25, 0.3) is 0 Å². The summed E-state index contributed by atoms with van der Waals surface area (Å²) in [6.45, 7) is 2.02. The first-order valence-electron chi connectivity index (χ1n) is 6.97. The molecular formula is C18H17ClN2. The number of rotatable bonds is 3. The quantitative estimate of drug-likeness (QED) is 0.769. The van der Waals surface area contributed by atoms with Crippen molar-refractivity contribution in [3.05, 3.63) is 76.4 Å². The SMILES string of the molecule is CNC(c1ccc(C)c(Cl)c1)c1ccc2ncccc2c1. The van der Waals surface area contributed by atoms with Crippen LogP contribution >= 0.6 is 11.6 Å². The highest BCUT2D eigenvalue weighted by Crippen LogP contribution is 2.27. The van der Waals surface area contributed by atoms with E-state index in [2.05, 4.69) is 46.7 Å². The monoisotopic (exact) mass is 296 g/mol. The highest BCUT2D eigenvalue weighted by Gasteiger charge is 2.13. The first-order chi connectivity index (χ1) is 10.2. The summed E-state index contributed by atoms with van der Waals surface area (Å²) in [4.78, 5) is 4.36. The van der Waals surface area contributed by atoms with Gasteiger partial charge in [0.2, 0.25) is 0 Å². The zero-order valence-electron chi connectivity index (χ0n) is 12.1. The van der Waals surface area contributed by atoms with Crippen LogP contribution < -0.4 is 5.32 Å². The van der Waals surface area contributed by atoms with E-state index in [0.717, 1.165) is 27.1 Å². The fourth-order valence-electron chi connectivity index (χ4n) is 2.59. The van der Waals surface area contributed by atoms with E-state index in [1.54, 1.807) is 0 Å². The lowest BCUT2D eigenvalue weighted by molar-refractivity contribution is 0.692. The van der Waals surface area contributed by atoms with Crippen LogP contribution in [0.1, 0.15) is 22.7 Å². The molecule has 2 nitrogen and oxygen atoms in total. The van der Waals surface area contributed by atoms with Gasteiger partial charge in [0.1, 0.15) is 0 Å². The standard InChI is InChI=1S/C18H17ClN2/c1-12-5-6-15(11-16(12)19)18(20-2)14-7-8-17-13(10-14)4-3-9-21-17/h3-11,18,20H,1-2H3. The van der Waals surface area contributed by atoms with Crippen LogP contribution in [0.4, 0.5) is 0 Å². The van der Waals surface area contributed by atoms with Gasteiger partial charge in [-0.05, 0) is 54.9 Å². The van der Waals surface area contributed by atoms with Gasteiger partial charge < -0.3 is 5.32 Å². The van der Waals surface area contributed by atoms with Crippen LogP contribution in [0.2, 0.25) is 5.02 Å². The number of hydrogen-bond donors (Lipinski definition) is 1. The van der Waals surface area contributed by atoms with Crippen molar-refractivity contribution in [3.63, 3.8) is 0 Å². The maximum atomic E-state index is 6.26. The first kappa shape index (κ1) is 14.1. The fraction of sp³-hybridized carbons (Fsp3) is 0.167. The van der Waals surface area contributed by atoms with Crippen LogP contribution in [0.25, 0.3) is 10.9 Å². The molecule has 0 aliphatic rings. The molecule has 0 fully saturated rings. The second-order valence-corrected chi connectivity index (χ2v) is 5.59. The first-order valence-corrected chi connectivity index (χ1v) is 7.35. The van der Waals surface area contributed by atoms with Gasteiger partial charge >= 0.3 is 0 Å². The average Bonchev–Trinajstić information content (AvgIpc) is 2.51. The molecule has 3 rings (SSSR count). The van der Waals surface area contributed by atoms with Crippen LogP contribution in [-0.2, 0) is 0 Å². The lowest BCUT2D eigenvalue weighted by Gasteiger charge is -2.18. The third-order valence-corrected chi connectivity index (χ3v) is 4.19. The van der Waals surface area contributed by atoms with E-state index in [4.69, 9.17) is 11.6 Å². The maximum Gasteiger partial charge on any atom is 0.0702 e. The topological polar surface area (TPSA) is 24.9 Å². The number of nitrogens with one attached hydrogen (secondary N) is 1. The second kappa shape index (κ2) is 5.84. The average molecular weight is 297 g/mol. The predicted molar refractivity (Wildman–Crippen MR) is 88.8 cm³/mol. The van der Waals surface area contributed by atoms with Crippen LogP contribution in [0.15, 0.2) is 54.7 Å². The third-order valence-electron chi connectivity index (χ3n) is 3.78. The molecule has 0 aliphatic carbocycles. The second-order valence-electron chi connectivity index (χ2n) is 5.19. The molecule has 3 aromatic rings. The molecular weight excluding hydrogens is 280 g/mol. The summed E-state index contributed by atoms with van der Waals surface area (Å²) >= 11 is 6.26. The Morgan fingerprint density at radius 1 is 1.05 bits per heavy atom. The summed E-state index contributed by atoms with van der Waals surface area (Å²) in [5.74, 6) is 0. The summed E-state index contributed by atoms with van der Waals surface area (Å²) in [7, 11) is 1.96. The van der Waals surface area contributed by atoms with E-state index in [0.29, 0.717) is 0 Å². The molecule has 0 saturated carbocycles. The van der Waals surface area contributed by atoms with Gasteiger partial charge in [-0.15, -0.1) is 0 Å². The van der Waals surface area contributed by atoms with Crippen molar-refractivity contribution in [2.24, 2.45) is 0 Å². The van der Waals surface area contributed by atoms with Crippen molar-refractivity contribution in [2.75, 3.05) is 7.05 Å². The minimum atomic E-state index is 0.118. The van der Waals surface area contributed by atoms with Gasteiger partial charge in [-0.25, -0.2) is 0 Å². The summed E-state index contributed by atoms with van der Waals surface area (Å²) < 4.78 is 0. The predicted octanol–water partition coefficient (Wildman–Crippen LogP) is 4.51. The van der Waals surface area contributed by atoms with E-state index < -0.39 is 0 Å². The van der Waals surface area contributed by atoms with Gasteiger partial charge in [-0.1, -0.05) is 35.9 Å². The van der Waals surface area contributed by atoms with E-state index in [-0.39, 0.29) is 6.04 Å². The van der Waals surface area contributed by atoms with Gasteiger partial charge in [-0.2, -0.15) is 0 Å². The van der Waals surface area contributed by atoms with E-state index >= 15 is 0 Å². The molecule has 106 valence electrons. The fourth-order valence-corrected chi connectivity index (χ4v) is 2.78. The van der Waals surface area contributed by atoms with Crippen molar-refractivity contribution in [1.82, 2.24) is 10.3 Å². The number of aromatic nitrogens is 1. The number of halogens is 1. The molecule has 0 amide bonds. The molecule has 0 saturated heterocycles. The molecule has 0 bridgehead atoms. The lowest BCUT2D eigenvalue weighted by Crippen LogP contribution is -2.17.